The standard InChI is InChI=1S/C18H19O.BrH.Mg/c1-2-16-10-12-18(13-11-16)15-19-14-6-9-17-7-4-3-5-8-17;;/h2,4-5,7-8,10-13H,1,6,9,14-15H2;1H;/q;;+1/p-1. The number of aryl methyl sites for hydroxylation is 1. The van der Waals surface area contributed by atoms with Gasteiger partial charge in [0.25, 0.3) is 0 Å². The third-order valence-corrected chi connectivity index (χ3v) is 3.73. The topological polar surface area (TPSA) is 9.23 Å². The maximum atomic E-state index is 5.71. The average Bonchev–Trinajstić information content (AvgIpc) is 2.49. The number of rotatable bonds is 7. The van der Waals surface area contributed by atoms with Crippen molar-refractivity contribution in [3.8, 4) is 0 Å². The summed E-state index contributed by atoms with van der Waals surface area (Å²) in [5, 5.41) is 0. The fourth-order valence-corrected chi connectivity index (χ4v) is 2.26. The second kappa shape index (κ2) is 10.2. The molecule has 0 aliphatic rings. The van der Waals surface area contributed by atoms with E-state index in [4.69, 9.17) is 4.74 Å². The van der Waals surface area contributed by atoms with Crippen LogP contribution in [-0.2, 0) is 17.8 Å². The first-order valence-corrected chi connectivity index (χ1v) is 7.68. The Kier molecular flexibility index (Phi) is 8.93. The van der Waals surface area contributed by atoms with Crippen LogP contribution in [0.2, 0.25) is 0 Å². The van der Waals surface area contributed by atoms with Gasteiger partial charge in [0.2, 0.25) is 0 Å². The normalized spacial score (nSPS) is 10.0. The van der Waals surface area contributed by atoms with Gasteiger partial charge < -0.3 is 17.0 Å². The van der Waals surface area contributed by atoms with Crippen molar-refractivity contribution in [2.24, 2.45) is 0 Å². The molecule has 0 spiro atoms. The minimum Gasteiger partial charge on any atom is -1.00 e. The molecule has 0 aliphatic heterocycles. The number of halogens is 1. The van der Waals surface area contributed by atoms with Gasteiger partial charge in [0, 0.05) is 0 Å². The molecule has 2 aromatic rings. The first-order valence-electron chi connectivity index (χ1n) is 6.98. The van der Waals surface area contributed by atoms with Crippen LogP contribution in [0.4, 0.5) is 0 Å². The van der Waals surface area contributed by atoms with Gasteiger partial charge in [0.05, 0.1) is 0 Å². The minimum atomic E-state index is 0. The maximum absolute atomic E-state index is 5.71. The number of hydrogen-bond donors (Lipinski definition) is 0. The Labute approximate surface area is 150 Å². The Morgan fingerprint density at radius 3 is 2.19 bits per heavy atom. The van der Waals surface area contributed by atoms with E-state index in [0.29, 0.717) is 6.61 Å². The summed E-state index contributed by atoms with van der Waals surface area (Å²) in [5.74, 6) is 0. The third-order valence-electron chi connectivity index (χ3n) is 3.26. The van der Waals surface area contributed by atoms with Crippen molar-refractivity contribution >= 4 is 31.5 Å². The van der Waals surface area contributed by atoms with Crippen LogP contribution in [0.15, 0.2) is 55.1 Å². The molecule has 1 nitrogen and oxygen atoms in total. The molecule has 0 N–H and O–H groups in total. The van der Waals surface area contributed by atoms with Gasteiger partial charge in [0.15, 0.2) is 0 Å². The quantitative estimate of drug-likeness (QED) is 0.512. The summed E-state index contributed by atoms with van der Waals surface area (Å²) in [7, 11) is 0. The van der Waals surface area contributed by atoms with E-state index in [1.807, 2.05) is 27.8 Å². The molecule has 2 aromatic carbocycles. The van der Waals surface area contributed by atoms with Crippen molar-refractivity contribution < 1.29 is 21.7 Å². The molecule has 3 heteroatoms. The molecule has 0 atom stereocenters. The zero-order valence-corrected chi connectivity index (χ0v) is 15.2. The Morgan fingerprint density at radius 1 is 0.952 bits per heavy atom. The van der Waals surface area contributed by atoms with Gasteiger partial charge in [-0.3, -0.25) is 0 Å². The summed E-state index contributed by atoms with van der Waals surface area (Å²) in [4.78, 5) is 0. The molecule has 0 radical (unpaired) electrons. The zero-order valence-electron chi connectivity index (χ0n) is 12.2. The Morgan fingerprint density at radius 2 is 1.57 bits per heavy atom. The summed E-state index contributed by atoms with van der Waals surface area (Å²) >= 11 is 1.92. The molecule has 0 fully saturated rings. The second-order valence-electron chi connectivity index (χ2n) is 4.92. The molecule has 0 amide bonds. The van der Waals surface area contributed by atoms with Crippen LogP contribution in [-0.4, -0.2) is 28.3 Å². The summed E-state index contributed by atoms with van der Waals surface area (Å²) < 4.78 is 7.05. The molecule has 0 saturated carbocycles. The van der Waals surface area contributed by atoms with Gasteiger partial charge in [-0.1, -0.05) is 12.7 Å². The van der Waals surface area contributed by atoms with Gasteiger partial charge in [-0.25, -0.2) is 0 Å². The number of ether oxygens (including phenoxy) is 1. The third kappa shape index (κ3) is 6.79. The zero-order chi connectivity index (χ0) is 14.2. The summed E-state index contributed by atoms with van der Waals surface area (Å²) in [6.45, 7) is 5.24. The molecular weight excluding hydrogens is 336 g/mol. The molecular formula is C18H19BrMgO. The fourth-order valence-electron chi connectivity index (χ4n) is 2.02. The van der Waals surface area contributed by atoms with Crippen LogP contribution in [0.25, 0.3) is 6.08 Å². The molecule has 0 aliphatic carbocycles. The summed E-state index contributed by atoms with van der Waals surface area (Å²) in [6, 6.07) is 17.1. The van der Waals surface area contributed by atoms with Crippen LogP contribution in [0, 0.1) is 0 Å². The molecule has 21 heavy (non-hydrogen) atoms. The molecule has 0 unspecified atom stereocenters. The van der Waals surface area contributed by atoms with Gasteiger partial charge in [-0.05, 0) is 5.56 Å². The van der Waals surface area contributed by atoms with Crippen molar-refractivity contribution in [2.75, 3.05) is 6.61 Å². The summed E-state index contributed by atoms with van der Waals surface area (Å²) in [6.07, 6.45) is 4.00. The van der Waals surface area contributed by atoms with E-state index in [9.17, 15) is 0 Å². The van der Waals surface area contributed by atoms with Gasteiger partial charge >= 0.3 is 116 Å². The summed E-state index contributed by atoms with van der Waals surface area (Å²) in [5.41, 5.74) is 3.75. The second-order valence-corrected chi connectivity index (χ2v) is 5.73. The first-order chi connectivity index (χ1) is 9.78. The van der Waals surface area contributed by atoms with E-state index < -0.39 is 0 Å². The van der Waals surface area contributed by atoms with Crippen molar-refractivity contribution in [3.05, 3.63) is 71.8 Å². The minimum absolute atomic E-state index is 0. The van der Waals surface area contributed by atoms with E-state index in [1.165, 1.54) is 14.8 Å². The number of benzene rings is 2. The van der Waals surface area contributed by atoms with Crippen LogP contribution in [0.1, 0.15) is 23.1 Å². The molecule has 0 heterocycles. The van der Waals surface area contributed by atoms with Crippen molar-refractivity contribution in [1.29, 1.82) is 0 Å². The Bertz CT molecular complexity index is 534. The molecule has 0 bridgehead atoms. The molecule has 106 valence electrons. The molecule has 2 rings (SSSR count). The van der Waals surface area contributed by atoms with E-state index in [1.54, 1.807) is 0 Å². The molecule has 0 saturated heterocycles. The Balaban J connectivity index is 0.00000220. The average molecular weight is 356 g/mol. The molecule has 0 aromatic heterocycles. The van der Waals surface area contributed by atoms with Crippen LogP contribution < -0.4 is 20.7 Å². The van der Waals surface area contributed by atoms with Crippen molar-refractivity contribution in [1.82, 2.24) is 0 Å². The monoisotopic (exact) mass is 354 g/mol. The van der Waals surface area contributed by atoms with E-state index in [0.717, 1.165) is 25.0 Å². The van der Waals surface area contributed by atoms with Crippen LogP contribution in [0.3, 0.4) is 0 Å². The SMILES string of the molecule is C=Cc1ccc(COCCCc2cc[c]([Mg+])cc2)cc1.[Br-]. The van der Waals surface area contributed by atoms with Crippen LogP contribution in [0.5, 0.6) is 0 Å². The van der Waals surface area contributed by atoms with E-state index >= 15 is 0 Å². The van der Waals surface area contributed by atoms with Crippen molar-refractivity contribution in [2.45, 2.75) is 19.4 Å². The van der Waals surface area contributed by atoms with Gasteiger partial charge in [-0.2, -0.15) is 0 Å². The Hall–Kier alpha value is -0.614. The predicted octanol–water partition coefficient (Wildman–Crippen LogP) is 0.277. The van der Waals surface area contributed by atoms with Crippen LogP contribution >= 0.6 is 0 Å². The van der Waals surface area contributed by atoms with Gasteiger partial charge in [-0.15, -0.1) is 0 Å². The fraction of sp³-hybridized carbons (Fsp3) is 0.222. The van der Waals surface area contributed by atoms with Gasteiger partial charge in [0.1, 0.15) is 0 Å². The first kappa shape index (κ1) is 18.4. The smallest absolute Gasteiger partial charge is 1.00 e. The number of hydrogen-bond acceptors (Lipinski definition) is 1. The van der Waals surface area contributed by atoms with Crippen molar-refractivity contribution in [3.63, 3.8) is 0 Å². The van der Waals surface area contributed by atoms with E-state index in [2.05, 4.69) is 55.1 Å². The predicted molar refractivity (Wildman–Crippen MR) is 86.3 cm³/mol. The van der Waals surface area contributed by atoms with E-state index in [-0.39, 0.29) is 17.0 Å².